The Morgan fingerprint density at radius 3 is 1.00 bits per heavy atom. The first-order valence-electron chi connectivity index (χ1n) is 0.775. The van der Waals surface area contributed by atoms with Crippen LogP contribution in [0.2, 0.25) is 0 Å². The van der Waals surface area contributed by atoms with Crippen LogP contribution in [0.1, 0.15) is 0 Å². The molecule has 0 rings (SSSR count). The molecule has 5 heteroatoms. The minimum absolute atomic E-state index is 0. The molecule has 0 spiro atoms. The van der Waals surface area contributed by atoms with Crippen LogP contribution in [0.3, 0.4) is 0 Å². The van der Waals surface area contributed by atoms with Gasteiger partial charge >= 0.3 is 31.0 Å². The first-order valence-corrected chi connectivity index (χ1v) is 0.775. The summed E-state index contributed by atoms with van der Waals surface area (Å²) in [6, 6.07) is 0. The summed E-state index contributed by atoms with van der Waals surface area (Å²) in [7, 11) is -2.17. The van der Waals surface area contributed by atoms with Gasteiger partial charge in [0.05, 0.1) is 0 Å². The van der Waals surface area contributed by atoms with Gasteiger partial charge in [-0.3, -0.25) is 0 Å². The summed E-state index contributed by atoms with van der Waals surface area (Å²) in [5, 5.41) is 21.5. The van der Waals surface area contributed by atoms with Crippen LogP contribution in [0.4, 0.5) is 0 Å². The summed E-state index contributed by atoms with van der Waals surface area (Å²) in [4.78, 5) is 0. The van der Waals surface area contributed by atoms with Crippen molar-refractivity contribution in [1.29, 1.82) is 0 Å². The summed E-state index contributed by atoms with van der Waals surface area (Å²) < 4.78 is 0. The van der Waals surface area contributed by atoms with Crippen LogP contribution in [-0.4, -0.2) is 46.1 Å². The molecular formula is H5BO3Te. The van der Waals surface area contributed by atoms with Crippen LogP contribution in [0.5, 0.6) is 0 Å². The van der Waals surface area contributed by atoms with Gasteiger partial charge in [-0.1, -0.05) is 0 Å². The van der Waals surface area contributed by atoms with E-state index in [4.69, 9.17) is 15.1 Å². The zero-order valence-electron chi connectivity index (χ0n) is 2.42. The Hall–Kier alpha value is 0.735. The van der Waals surface area contributed by atoms with Gasteiger partial charge in [-0.25, -0.2) is 0 Å². The molecule has 5 heavy (non-hydrogen) atoms. The summed E-state index contributed by atoms with van der Waals surface area (Å²) in [6.45, 7) is 0. The van der Waals surface area contributed by atoms with Gasteiger partial charge in [0, 0.05) is 0 Å². The predicted molar refractivity (Wildman–Crippen MR) is 21.0 cm³/mol. The van der Waals surface area contributed by atoms with E-state index in [0.29, 0.717) is 0 Å². The maximum atomic E-state index is 7.17. The van der Waals surface area contributed by atoms with E-state index in [2.05, 4.69) is 0 Å². The number of hydrogen-bond donors (Lipinski definition) is 3. The van der Waals surface area contributed by atoms with Crippen molar-refractivity contribution in [2.75, 3.05) is 0 Å². The Kier molecular flexibility index (Phi) is 8.73. The molecule has 0 atom stereocenters. The van der Waals surface area contributed by atoms with Gasteiger partial charge in [0.2, 0.25) is 0 Å². The van der Waals surface area contributed by atoms with Crippen molar-refractivity contribution in [3.63, 3.8) is 0 Å². The number of hydrogen-bond acceptors (Lipinski definition) is 3. The molecule has 0 aliphatic heterocycles. The monoisotopic (exact) mass is 194 g/mol. The standard InChI is InChI=1S/BH3O3.H2Te/c2-1(3)4;/h2-4H;1H2. The Morgan fingerprint density at radius 1 is 1.00 bits per heavy atom. The van der Waals surface area contributed by atoms with Crippen LogP contribution in [0, 0.1) is 0 Å². The first-order chi connectivity index (χ1) is 1.73. The molecule has 3 nitrogen and oxygen atoms in total. The van der Waals surface area contributed by atoms with Gasteiger partial charge in [-0.05, 0) is 0 Å². The van der Waals surface area contributed by atoms with Gasteiger partial charge < -0.3 is 15.1 Å². The molecule has 0 amide bonds. The predicted octanol–water partition coefficient (Wildman–Crippen LogP) is -2.97. The van der Waals surface area contributed by atoms with Crippen LogP contribution in [0.25, 0.3) is 0 Å². The third-order valence-electron chi connectivity index (χ3n) is 0. The maximum absolute atomic E-state index is 7.17. The molecule has 0 aliphatic rings. The molecule has 0 saturated heterocycles. The summed E-state index contributed by atoms with van der Waals surface area (Å²) in [5.41, 5.74) is 0. The molecule has 0 aromatic rings. The van der Waals surface area contributed by atoms with Crippen molar-refractivity contribution in [3.8, 4) is 0 Å². The van der Waals surface area contributed by atoms with Gasteiger partial charge in [-0.15, -0.1) is 0 Å². The first kappa shape index (κ1) is 9.22. The summed E-state index contributed by atoms with van der Waals surface area (Å²) in [5.74, 6) is 0. The second-order valence-electron chi connectivity index (χ2n) is 0.346. The average Bonchev–Trinajstić information content (AvgIpc) is 0.811. The van der Waals surface area contributed by atoms with Crippen molar-refractivity contribution in [1.82, 2.24) is 0 Å². The molecule has 0 unspecified atom stereocenters. The third kappa shape index (κ3) is 65.6. The molecular weight excluding hydrogens is 186 g/mol. The quantitative estimate of drug-likeness (QED) is 0.359. The molecule has 3 N–H and O–H groups in total. The van der Waals surface area contributed by atoms with Crippen molar-refractivity contribution in [2.24, 2.45) is 0 Å². The van der Waals surface area contributed by atoms with E-state index in [1.165, 1.54) is 0 Å². The van der Waals surface area contributed by atoms with E-state index in [-0.39, 0.29) is 23.7 Å². The third-order valence-corrected chi connectivity index (χ3v) is 0. The zero-order valence-corrected chi connectivity index (χ0v) is 5.27. The normalized spacial score (nSPS) is 5.40. The van der Waals surface area contributed by atoms with Crippen LogP contribution in [0.15, 0.2) is 0 Å². The summed E-state index contributed by atoms with van der Waals surface area (Å²) in [6.07, 6.45) is 0. The molecule has 0 aromatic heterocycles. The van der Waals surface area contributed by atoms with Gasteiger partial charge in [0.1, 0.15) is 0 Å². The Balaban J connectivity index is 0. The van der Waals surface area contributed by atoms with Crippen molar-refractivity contribution < 1.29 is 15.1 Å². The van der Waals surface area contributed by atoms with E-state index in [1.54, 1.807) is 0 Å². The van der Waals surface area contributed by atoms with Gasteiger partial charge in [0.15, 0.2) is 0 Å². The molecule has 0 heterocycles. The second kappa shape index (κ2) is 4.73. The van der Waals surface area contributed by atoms with Crippen molar-refractivity contribution >= 4 is 31.0 Å². The fraction of sp³-hybridized carbons (Fsp3) is 0. The van der Waals surface area contributed by atoms with E-state index >= 15 is 0 Å². The van der Waals surface area contributed by atoms with E-state index in [1.807, 2.05) is 0 Å². The topological polar surface area (TPSA) is 60.7 Å². The van der Waals surface area contributed by atoms with E-state index in [9.17, 15) is 0 Å². The zero-order chi connectivity index (χ0) is 3.58. The van der Waals surface area contributed by atoms with E-state index < -0.39 is 7.32 Å². The molecule has 0 bridgehead atoms. The average molecular weight is 191 g/mol. The SMILES string of the molecule is OB(O)O.[TeH2]. The molecule has 0 fully saturated rings. The van der Waals surface area contributed by atoms with Crippen LogP contribution >= 0.6 is 0 Å². The van der Waals surface area contributed by atoms with E-state index in [0.717, 1.165) is 0 Å². The second-order valence-corrected chi connectivity index (χ2v) is 0.346. The summed E-state index contributed by atoms with van der Waals surface area (Å²) >= 11 is 0. The molecule has 0 aromatic carbocycles. The molecule has 0 radical (unpaired) electrons. The fourth-order valence-corrected chi connectivity index (χ4v) is 0. The fourth-order valence-electron chi connectivity index (χ4n) is 0. The van der Waals surface area contributed by atoms with Gasteiger partial charge in [-0.2, -0.15) is 0 Å². The Morgan fingerprint density at radius 2 is 1.00 bits per heavy atom. The molecule has 0 aliphatic carbocycles. The van der Waals surface area contributed by atoms with Gasteiger partial charge in [0.25, 0.3) is 0 Å². The van der Waals surface area contributed by atoms with Crippen molar-refractivity contribution in [3.05, 3.63) is 0 Å². The Labute approximate surface area is 46.5 Å². The minimum atomic E-state index is -2.17. The Bertz CT molecular complexity index is 11.6. The molecule has 0 saturated carbocycles. The van der Waals surface area contributed by atoms with Crippen molar-refractivity contribution in [2.45, 2.75) is 0 Å². The van der Waals surface area contributed by atoms with Crippen LogP contribution in [-0.2, 0) is 0 Å². The molecule has 32 valence electrons. The number of rotatable bonds is 0. The van der Waals surface area contributed by atoms with Crippen LogP contribution < -0.4 is 0 Å².